The molecular formula is C15H23N3O3. The van der Waals surface area contributed by atoms with E-state index in [-0.39, 0.29) is 11.5 Å². The topological polar surface area (TPSA) is 73.7 Å². The van der Waals surface area contributed by atoms with Crippen LogP contribution in [0.1, 0.15) is 39.9 Å². The number of aromatic nitrogens is 1. The molecule has 1 amide bonds. The van der Waals surface area contributed by atoms with Crippen LogP contribution in [0.15, 0.2) is 12.1 Å². The quantitative estimate of drug-likeness (QED) is 0.824. The van der Waals surface area contributed by atoms with Crippen molar-refractivity contribution in [3.8, 4) is 0 Å². The molecule has 0 radical (unpaired) electrons. The minimum atomic E-state index is -1.03. The molecule has 116 valence electrons. The van der Waals surface area contributed by atoms with Gasteiger partial charge in [0, 0.05) is 13.1 Å². The van der Waals surface area contributed by atoms with Gasteiger partial charge in [0.05, 0.1) is 11.3 Å². The molecule has 0 fully saturated rings. The summed E-state index contributed by atoms with van der Waals surface area (Å²) in [5.74, 6) is -1.19. The lowest BCUT2D eigenvalue weighted by atomic mass is 10.1. The number of carboxylic acids is 1. The van der Waals surface area contributed by atoms with Crippen LogP contribution in [0.25, 0.3) is 0 Å². The molecule has 6 nitrogen and oxygen atoms in total. The van der Waals surface area contributed by atoms with Crippen molar-refractivity contribution in [2.24, 2.45) is 0 Å². The maximum Gasteiger partial charge on any atom is 0.337 e. The first-order valence-electron chi connectivity index (χ1n) is 7.01. The van der Waals surface area contributed by atoms with Crippen LogP contribution in [-0.2, 0) is 0 Å². The summed E-state index contributed by atoms with van der Waals surface area (Å²) in [5.41, 5.74) is 0.782. The van der Waals surface area contributed by atoms with E-state index in [0.717, 1.165) is 13.0 Å². The third-order valence-corrected chi connectivity index (χ3v) is 3.24. The number of amides is 1. The van der Waals surface area contributed by atoms with E-state index in [1.807, 2.05) is 21.0 Å². The average Bonchev–Trinajstić information content (AvgIpc) is 2.42. The number of carbonyl (C=O) groups is 2. The van der Waals surface area contributed by atoms with Crippen molar-refractivity contribution in [1.29, 1.82) is 0 Å². The summed E-state index contributed by atoms with van der Waals surface area (Å²) in [6.45, 7) is 5.70. The van der Waals surface area contributed by atoms with Crippen molar-refractivity contribution in [3.63, 3.8) is 0 Å². The molecule has 1 aromatic rings. The Kier molecular flexibility index (Phi) is 6.30. The predicted octanol–water partition coefficient (Wildman–Crippen LogP) is 1.50. The van der Waals surface area contributed by atoms with Crippen LogP contribution in [-0.4, -0.2) is 65.5 Å². The summed E-state index contributed by atoms with van der Waals surface area (Å²) < 4.78 is 0. The zero-order valence-electron chi connectivity index (χ0n) is 13.1. The predicted molar refractivity (Wildman–Crippen MR) is 80.7 cm³/mol. The fraction of sp³-hybridized carbons (Fsp3) is 0.533. The SMILES string of the molecule is CCN(CCCN(C)C)C(=O)c1ccc(C(=O)O)c(C)n1. The van der Waals surface area contributed by atoms with E-state index in [0.29, 0.717) is 24.5 Å². The highest BCUT2D eigenvalue weighted by Crippen LogP contribution is 2.09. The fourth-order valence-corrected chi connectivity index (χ4v) is 2.05. The van der Waals surface area contributed by atoms with Crippen LogP contribution in [0, 0.1) is 6.92 Å². The molecule has 0 saturated heterocycles. The number of rotatable bonds is 7. The molecule has 0 aliphatic rings. The molecule has 0 aliphatic carbocycles. The Balaban J connectivity index is 2.80. The van der Waals surface area contributed by atoms with Gasteiger partial charge >= 0.3 is 5.97 Å². The van der Waals surface area contributed by atoms with Gasteiger partial charge in [-0.05, 0) is 53.0 Å². The van der Waals surface area contributed by atoms with Gasteiger partial charge in [-0.2, -0.15) is 0 Å². The molecule has 1 heterocycles. The molecular weight excluding hydrogens is 270 g/mol. The highest BCUT2D eigenvalue weighted by molar-refractivity contribution is 5.94. The summed E-state index contributed by atoms with van der Waals surface area (Å²) in [6.07, 6.45) is 0.888. The molecule has 0 aromatic carbocycles. The molecule has 0 bridgehead atoms. The van der Waals surface area contributed by atoms with E-state index in [1.54, 1.807) is 11.8 Å². The molecule has 0 aliphatic heterocycles. The number of hydrogen-bond acceptors (Lipinski definition) is 4. The third kappa shape index (κ3) is 4.82. The van der Waals surface area contributed by atoms with Crippen LogP contribution >= 0.6 is 0 Å². The Labute approximate surface area is 125 Å². The summed E-state index contributed by atoms with van der Waals surface area (Å²) in [5, 5.41) is 8.98. The lowest BCUT2D eigenvalue weighted by molar-refractivity contribution is 0.0691. The van der Waals surface area contributed by atoms with Crippen LogP contribution in [0.5, 0.6) is 0 Å². The number of carbonyl (C=O) groups excluding carboxylic acids is 1. The van der Waals surface area contributed by atoms with E-state index < -0.39 is 5.97 Å². The molecule has 6 heteroatoms. The first-order valence-corrected chi connectivity index (χ1v) is 7.01. The van der Waals surface area contributed by atoms with Gasteiger partial charge in [0.15, 0.2) is 0 Å². The van der Waals surface area contributed by atoms with Gasteiger partial charge < -0.3 is 14.9 Å². The third-order valence-electron chi connectivity index (χ3n) is 3.24. The molecule has 0 atom stereocenters. The van der Waals surface area contributed by atoms with Crippen molar-refractivity contribution >= 4 is 11.9 Å². The Bertz CT molecular complexity index is 515. The van der Waals surface area contributed by atoms with Gasteiger partial charge in [0.25, 0.3) is 5.91 Å². The van der Waals surface area contributed by atoms with Gasteiger partial charge in [-0.3, -0.25) is 4.79 Å². The molecule has 0 unspecified atom stereocenters. The van der Waals surface area contributed by atoms with Crippen molar-refractivity contribution in [2.75, 3.05) is 33.7 Å². The van der Waals surface area contributed by atoms with Gasteiger partial charge in [-0.25, -0.2) is 9.78 Å². The van der Waals surface area contributed by atoms with Crippen molar-refractivity contribution < 1.29 is 14.7 Å². The number of hydrogen-bond donors (Lipinski definition) is 1. The normalized spacial score (nSPS) is 10.7. The molecule has 1 rings (SSSR count). The number of carboxylic acid groups (broad SMARTS) is 1. The molecule has 0 saturated carbocycles. The smallest absolute Gasteiger partial charge is 0.337 e. The Morgan fingerprint density at radius 1 is 1.24 bits per heavy atom. The molecule has 21 heavy (non-hydrogen) atoms. The first-order chi connectivity index (χ1) is 9.86. The minimum absolute atomic E-state index is 0.127. The maximum absolute atomic E-state index is 12.4. The van der Waals surface area contributed by atoms with Crippen LogP contribution < -0.4 is 0 Å². The maximum atomic E-state index is 12.4. The highest BCUT2D eigenvalue weighted by atomic mass is 16.4. The van der Waals surface area contributed by atoms with E-state index in [4.69, 9.17) is 5.11 Å². The van der Waals surface area contributed by atoms with Gasteiger partial charge in [0.1, 0.15) is 5.69 Å². The molecule has 1 N–H and O–H groups in total. The Hall–Kier alpha value is -1.95. The van der Waals surface area contributed by atoms with E-state index in [9.17, 15) is 9.59 Å². The second-order valence-electron chi connectivity index (χ2n) is 5.18. The summed E-state index contributed by atoms with van der Waals surface area (Å²) >= 11 is 0. The van der Waals surface area contributed by atoms with Crippen LogP contribution in [0.2, 0.25) is 0 Å². The van der Waals surface area contributed by atoms with Crippen molar-refractivity contribution in [2.45, 2.75) is 20.3 Å². The second kappa shape index (κ2) is 7.73. The number of aromatic carboxylic acids is 1. The Morgan fingerprint density at radius 2 is 1.90 bits per heavy atom. The standard InChI is InChI=1S/C15H23N3O3/c1-5-18(10-6-9-17(3)4)14(19)13-8-7-12(15(20)21)11(2)16-13/h7-8H,5-6,9-10H2,1-4H3,(H,20,21). The summed E-state index contributed by atoms with van der Waals surface area (Å²) in [6, 6.07) is 2.92. The average molecular weight is 293 g/mol. The number of nitrogens with zero attached hydrogens (tertiary/aromatic N) is 3. The van der Waals surface area contributed by atoms with E-state index in [1.165, 1.54) is 12.1 Å². The first kappa shape index (κ1) is 17.1. The van der Waals surface area contributed by atoms with Crippen LogP contribution in [0.3, 0.4) is 0 Å². The zero-order chi connectivity index (χ0) is 16.0. The highest BCUT2D eigenvalue weighted by Gasteiger charge is 2.17. The van der Waals surface area contributed by atoms with E-state index in [2.05, 4.69) is 9.88 Å². The second-order valence-corrected chi connectivity index (χ2v) is 5.18. The summed E-state index contributed by atoms with van der Waals surface area (Å²) in [4.78, 5) is 31.3. The lowest BCUT2D eigenvalue weighted by Crippen LogP contribution is -2.34. The minimum Gasteiger partial charge on any atom is -0.478 e. The largest absolute Gasteiger partial charge is 0.478 e. The zero-order valence-corrected chi connectivity index (χ0v) is 13.1. The summed E-state index contributed by atoms with van der Waals surface area (Å²) in [7, 11) is 3.99. The number of aryl methyl sites for hydroxylation is 1. The van der Waals surface area contributed by atoms with Gasteiger partial charge in [-0.1, -0.05) is 0 Å². The Morgan fingerprint density at radius 3 is 2.38 bits per heavy atom. The lowest BCUT2D eigenvalue weighted by Gasteiger charge is -2.21. The van der Waals surface area contributed by atoms with Gasteiger partial charge in [-0.15, -0.1) is 0 Å². The molecule has 1 aromatic heterocycles. The molecule has 0 spiro atoms. The monoisotopic (exact) mass is 293 g/mol. The van der Waals surface area contributed by atoms with E-state index >= 15 is 0 Å². The van der Waals surface area contributed by atoms with Crippen molar-refractivity contribution in [1.82, 2.24) is 14.8 Å². The van der Waals surface area contributed by atoms with Crippen molar-refractivity contribution in [3.05, 3.63) is 29.1 Å². The van der Waals surface area contributed by atoms with Crippen LogP contribution in [0.4, 0.5) is 0 Å². The fourth-order valence-electron chi connectivity index (χ4n) is 2.05. The van der Waals surface area contributed by atoms with Gasteiger partial charge in [0.2, 0.25) is 0 Å². The number of pyridine rings is 1.